The molecule has 1 N–H and O–H groups in total. The Morgan fingerprint density at radius 3 is 2.50 bits per heavy atom. The number of pyridine rings is 1. The van der Waals surface area contributed by atoms with Gasteiger partial charge < -0.3 is 19.5 Å². The van der Waals surface area contributed by atoms with Crippen LogP contribution in [0, 0.1) is 0 Å². The first kappa shape index (κ1) is 16.6. The molecule has 1 saturated heterocycles. The minimum absolute atomic E-state index is 0.00537. The molecular formula is C20H20N4OS. The van der Waals surface area contributed by atoms with Gasteiger partial charge >= 0.3 is 0 Å². The Labute approximate surface area is 158 Å². The number of benzene rings is 1. The number of rotatable bonds is 4. The molecule has 4 rings (SSSR count). The van der Waals surface area contributed by atoms with Gasteiger partial charge in [-0.1, -0.05) is 6.07 Å². The summed E-state index contributed by atoms with van der Waals surface area (Å²) in [6, 6.07) is 18.1. The molecule has 0 unspecified atom stereocenters. The van der Waals surface area contributed by atoms with Crippen LogP contribution in [-0.2, 0) is 7.05 Å². The van der Waals surface area contributed by atoms with Crippen molar-refractivity contribution in [2.75, 3.05) is 12.0 Å². The zero-order chi connectivity index (χ0) is 18.1. The number of methoxy groups -OCH3 is 1. The molecule has 2 aromatic heterocycles. The monoisotopic (exact) mass is 364 g/mol. The molecule has 2 atom stereocenters. The van der Waals surface area contributed by atoms with Crippen molar-refractivity contribution < 1.29 is 4.74 Å². The summed E-state index contributed by atoms with van der Waals surface area (Å²) in [5, 5.41) is 4.15. The topological polar surface area (TPSA) is 42.3 Å². The molecule has 3 heterocycles. The first-order chi connectivity index (χ1) is 12.7. The van der Waals surface area contributed by atoms with Crippen LogP contribution in [0.1, 0.15) is 23.5 Å². The number of nitrogens with one attached hydrogen (secondary N) is 1. The predicted octanol–water partition coefficient (Wildman–Crippen LogP) is 3.61. The largest absolute Gasteiger partial charge is 0.497 e. The van der Waals surface area contributed by atoms with Gasteiger partial charge in [-0.15, -0.1) is 0 Å². The van der Waals surface area contributed by atoms with Crippen LogP contribution in [0.4, 0.5) is 5.69 Å². The summed E-state index contributed by atoms with van der Waals surface area (Å²) in [6.45, 7) is 0. The molecule has 1 aliphatic rings. The third-order valence-electron chi connectivity index (χ3n) is 4.74. The summed E-state index contributed by atoms with van der Waals surface area (Å²) in [6.07, 6.45) is 3.87. The number of hydrogen-bond donors (Lipinski definition) is 1. The third-order valence-corrected chi connectivity index (χ3v) is 5.05. The lowest BCUT2D eigenvalue weighted by molar-refractivity contribution is 0.415. The molecule has 1 fully saturated rings. The van der Waals surface area contributed by atoms with Gasteiger partial charge in [-0.25, -0.2) is 0 Å². The number of aromatic nitrogens is 2. The molecule has 0 amide bonds. The zero-order valence-corrected chi connectivity index (χ0v) is 15.5. The SMILES string of the molecule is COc1ccc(N2C(=S)N[C@@H](c3ccccn3)[C@H]2c2cccn2C)cc1. The van der Waals surface area contributed by atoms with Crippen molar-refractivity contribution in [2.24, 2.45) is 7.05 Å². The molecule has 26 heavy (non-hydrogen) atoms. The van der Waals surface area contributed by atoms with E-state index in [4.69, 9.17) is 17.0 Å². The molecule has 1 aromatic carbocycles. The van der Waals surface area contributed by atoms with Gasteiger partial charge in [0.1, 0.15) is 11.8 Å². The molecule has 3 aromatic rings. The minimum Gasteiger partial charge on any atom is -0.497 e. The highest BCUT2D eigenvalue weighted by Crippen LogP contribution is 2.41. The summed E-state index contributed by atoms with van der Waals surface area (Å²) < 4.78 is 7.42. The number of hydrogen-bond acceptors (Lipinski definition) is 3. The van der Waals surface area contributed by atoms with E-state index >= 15 is 0 Å². The van der Waals surface area contributed by atoms with Gasteiger partial charge in [-0.3, -0.25) is 4.98 Å². The molecule has 1 aliphatic heterocycles. The van der Waals surface area contributed by atoms with Gasteiger partial charge in [0.15, 0.2) is 5.11 Å². The van der Waals surface area contributed by atoms with Crippen LogP contribution in [-0.4, -0.2) is 21.8 Å². The van der Waals surface area contributed by atoms with Crippen molar-refractivity contribution in [3.8, 4) is 5.75 Å². The Morgan fingerprint density at radius 1 is 1.08 bits per heavy atom. The summed E-state index contributed by atoms with van der Waals surface area (Å²) in [7, 11) is 3.72. The van der Waals surface area contributed by atoms with E-state index in [-0.39, 0.29) is 12.1 Å². The quantitative estimate of drug-likeness (QED) is 0.717. The van der Waals surface area contributed by atoms with E-state index in [1.807, 2.05) is 48.7 Å². The summed E-state index contributed by atoms with van der Waals surface area (Å²) in [4.78, 5) is 6.72. The van der Waals surface area contributed by atoms with E-state index in [9.17, 15) is 0 Å². The molecule has 0 radical (unpaired) electrons. The average Bonchev–Trinajstić information content (AvgIpc) is 3.25. The van der Waals surface area contributed by atoms with Crippen LogP contribution >= 0.6 is 12.2 Å². The number of aryl methyl sites for hydroxylation is 1. The van der Waals surface area contributed by atoms with E-state index in [1.165, 1.54) is 5.69 Å². The van der Waals surface area contributed by atoms with Crippen molar-refractivity contribution in [1.82, 2.24) is 14.9 Å². The fraction of sp³-hybridized carbons (Fsp3) is 0.200. The highest BCUT2D eigenvalue weighted by molar-refractivity contribution is 7.80. The highest BCUT2D eigenvalue weighted by Gasteiger charge is 2.41. The molecular weight excluding hydrogens is 344 g/mol. The number of nitrogens with zero attached hydrogens (tertiary/aromatic N) is 3. The van der Waals surface area contributed by atoms with Gasteiger partial charge in [0.25, 0.3) is 0 Å². The van der Waals surface area contributed by atoms with E-state index in [0.717, 1.165) is 17.1 Å². The molecule has 0 spiro atoms. The van der Waals surface area contributed by atoms with E-state index in [1.54, 1.807) is 7.11 Å². The second-order valence-electron chi connectivity index (χ2n) is 6.24. The Balaban J connectivity index is 1.81. The van der Waals surface area contributed by atoms with Crippen LogP contribution in [0.25, 0.3) is 0 Å². The number of anilines is 1. The van der Waals surface area contributed by atoms with Crippen molar-refractivity contribution in [2.45, 2.75) is 12.1 Å². The fourth-order valence-electron chi connectivity index (χ4n) is 3.46. The van der Waals surface area contributed by atoms with E-state index in [2.05, 4.69) is 45.1 Å². The molecule has 0 bridgehead atoms. The standard InChI is InChI=1S/C20H20N4OS/c1-23-13-5-7-17(23)19-18(16-6-3-4-12-21-16)22-20(26)24(19)14-8-10-15(25-2)11-9-14/h3-13,18-19H,1-2H3,(H,22,26)/t18-,19+/m0/s1. The van der Waals surface area contributed by atoms with Crippen LogP contribution in [0.2, 0.25) is 0 Å². The third kappa shape index (κ3) is 2.82. The normalized spacial score (nSPS) is 19.5. The lowest BCUT2D eigenvalue weighted by Crippen LogP contribution is -2.30. The van der Waals surface area contributed by atoms with Crippen LogP contribution in [0.15, 0.2) is 67.0 Å². The van der Waals surface area contributed by atoms with Gasteiger partial charge in [0, 0.05) is 30.8 Å². The minimum atomic E-state index is -0.0283. The first-order valence-corrected chi connectivity index (χ1v) is 8.86. The Morgan fingerprint density at radius 2 is 1.88 bits per heavy atom. The summed E-state index contributed by atoms with van der Waals surface area (Å²) in [5.74, 6) is 0.823. The maximum atomic E-state index is 5.70. The van der Waals surface area contributed by atoms with Gasteiger partial charge in [0.2, 0.25) is 0 Å². The maximum Gasteiger partial charge on any atom is 0.174 e. The van der Waals surface area contributed by atoms with Gasteiger partial charge in [0.05, 0.1) is 18.8 Å². The van der Waals surface area contributed by atoms with Crippen molar-refractivity contribution in [1.29, 1.82) is 0 Å². The fourth-order valence-corrected chi connectivity index (χ4v) is 3.80. The maximum absolute atomic E-state index is 5.70. The molecule has 5 nitrogen and oxygen atoms in total. The molecule has 6 heteroatoms. The zero-order valence-electron chi connectivity index (χ0n) is 14.7. The van der Waals surface area contributed by atoms with E-state index < -0.39 is 0 Å². The van der Waals surface area contributed by atoms with E-state index in [0.29, 0.717) is 5.11 Å². The Bertz CT molecular complexity index is 907. The lowest BCUT2D eigenvalue weighted by atomic mass is 10.0. The highest BCUT2D eigenvalue weighted by atomic mass is 32.1. The van der Waals surface area contributed by atoms with Gasteiger partial charge in [-0.05, 0) is 60.7 Å². The van der Waals surface area contributed by atoms with Gasteiger partial charge in [-0.2, -0.15) is 0 Å². The first-order valence-electron chi connectivity index (χ1n) is 8.45. The second-order valence-corrected chi connectivity index (χ2v) is 6.63. The van der Waals surface area contributed by atoms with Crippen LogP contribution in [0.3, 0.4) is 0 Å². The number of thiocarbonyl (C=S) groups is 1. The second kappa shape index (κ2) is 6.80. The van der Waals surface area contributed by atoms with Crippen LogP contribution in [0.5, 0.6) is 5.75 Å². The molecule has 132 valence electrons. The summed E-state index contributed by atoms with van der Waals surface area (Å²) >= 11 is 5.70. The smallest absolute Gasteiger partial charge is 0.174 e. The average molecular weight is 364 g/mol. The summed E-state index contributed by atoms with van der Waals surface area (Å²) in [5.41, 5.74) is 3.16. The number of ether oxygens (including phenoxy) is 1. The van der Waals surface area contributed by atoms with Crippen molar-refractivity contribution in [3.05, 3.63) is 78.4 Å². The predicted molar refractivity (Wildman–Crippen MR) is 106 cm³/mol. The Hall–Kier alpha value is -2.86. The van der Waals surface area contributed by atoms with Crippen molar-refractivity contribution in [3.63, 3.8) is 0 Å². The lowest BCUT2D eigenvalue weighted by Gasteiger charge is -2.28. The van der Waals surface area contributed by atoms with Crippen LogP contribution < -0.4 is 15.0 Å². The molecule has 0 saturated carbocycles. The molecule has 0 aliphatic carbocycles. The van der Waals surface area contributed by atoms with Crippen molar-refractivity contribution >= 4 is 23.0 Å². The Kier molecular flexibility index (Phi) is 4.34.